The smallest absolute Gasteiger partial charge is 0.119 e. The standard InChI is InChI=1S/C16H17N3O/c17-12-13-7-8-14(11-16(13)18)19-9-4-10-20-15-5-2-1-3-6-15/h1-3,5-8,11,19H,4,9-10,18H2. The van der Waals surface area contributed by atoms with Gasteiger partial charge in [-0.3, -0.25) is 0 Å². The predicted molar refractivity (Wildman–Crippen MR) is 80.6 cm³/mol. The Bertz CT molecular complexity index is 590. The average molecular weight is 267 g/mol. The summed E-state index contributed by atoms with van der Waals surface area (Å²) in [6.07, 6.45) is 0.884. The number of hydrogen-bond acceptors (Lipinski definition) is 4. The molecule has 0 atom stereocenters. The molecule has 0 radical (unpaired) electrons. The Hall–Kier alpha value is -2.67. The summed E-state index contributed by atoms with van der Waals surface area (Å²) >= 11 is 0. The van der Waals surface area contributed by atoms with Crippen LogP contribution in [0.25, 0.3) is 0 Å². The van der Waals surface area contributed by atoms with Crippen molar-refractivity contribution in [3.05, 3.63) is 54.1 Å². The summed E-state index contributed by atoms with van der Waals surface area (Å²) in [7, 11) is 0. The molecule has 0 spiro atoms. The van der Waals surface area contributed by atoms with E-state index in [0.717, 1.165) is 24.4 Å². The molecule has 0 aromatic heterocycles. The molecule has 0 bridgehead atoms. The number of nitrogens with zero attached hydrogens (tertiary/aromatic N) is 1. The zero-order valence-corrected chi connectivity index (χ0v) is 11.2. The number of benzene rings is 2. The van der Waals surface area contributed by atoms with E-state index in [0.29, 0.717) is 17.9 Å². The molecule has 0 amide bonds. The lowest BCUT2D eigenvalue weighted by Gasteiger charge is -2.09. The largest absolute Gasteiger partial charge is 0.494 e. The molecule has 0 fully saturated rings. The van der Waals surface area contributed by atoms with Gasteiger partial charge in [-0.05, 0) is 36.8 Å². The summed E-state index contributed by atoms with van der Waals surface area (Å²) in [5.74, 6) is 0.884. The first kappa shape index (κ1) is 13.8. The van der Waals surface area contributed by atoms with E-state index in [1.807, 2.05) is 42.5 Å². The van der Waals surface area contributed by atoms with Crippen molar-refractivity contribution >= 4 is 11.4 Å². The molecular formula is C16H17N3O. The maximum absolute atomic E-state index is 8.80. The van der Waals surface area contributed by atoms with Crippen LogP contribution < -0.4 is 15.8 Å². The average Bonchev–Trinajstić information content (AvgIpc) is 2.48. The van der Waals surface area contributed by atoms with Crippen LogP contribution in [0.4, 0.5) is 11.4 Å². The van der Waals surface area contributed by atoms with Crippen LogP contribution in [0, 0.1) is 11.3 Å². The highest BCUT2D eigenvalue weighted by Gasteiger charge is 1.99. The third-order valence-electron chi connectivity index (χ3n) is 2.83. The SMILES string of the molecule is N#Cc1ccc(NCCCOc2ccccc2)cc1N. The highest BCUT2D eigenvalue weighted by molar-refractivity contribution is 5.62. The van der Waals surface area contributed by atoms with Crippen molar-refractivity contribution in [3.8, 4) is 11.8 Å². The molecular weight excluding hydrogens is 250 g/mol. The van der Waals surface area contributed by atoms with E-state index in [1.54, 1.807) is 12.1 Å². The van der Waals surface area contributed by atoms with Gasteiger partial charge in [0.1, 0.15) is 11.8 Å². The maximum atomic E-state index is 8.80. The quantitative estimate of drug-likeness (QED) is 0.623. The number of nitrogens with one attached hydrogen (secondary N) is 1. The molecule has 0 unspecified atom stereocenters. The number of rotatable bonds is 6. The first-order chi connectivity index (χ1) is 9.79. The second kappa shape index (κ2) is 7.05. The van der Waals surface area contributed by atoms with Crippen LogP contribution in [-0.2, 0) is 0 Å². The minimum atomic E-state index is 0.498. The Kier molecular flexibility index (Phi) is 4.85. The van der Waals surface area contributed by atoms with Crippen LogP contribution in [0.1, 0.15) is 12.0 Å². The van der Waals surface area contributed by atoms with Gasteiger partial charge >= 0.3 is 0 Å². The second-order valence-electron chi connectivity index (χ2n) is 4.36. The molecule has 0 heterocycles. The van der Waals surface area contributed by atoms with Gasteiger partial charge in [-0.15, -0.1) is 0 Å². The van der Waals surface area contributed by atoms with Gasteiger partial charge in [-0.25, -0.2) is 0 Å². The summed E-state index contributed by atoms with van der Waals surface area (Å²) in [5, 5.41) is 12.1. The van der Waals surface area contributed by atoms with Gasteiger partial charge in [0.15, 0.2) is 0 Å². The number of para-hydroxylation sites is 1. The highest BCUT2D eigenvalue weighted by atomic mass is 16.5. The number of anilines is 2. The van der Waals surface area contributed by atoms with E-state index < -0.39 is 0 Å². The molecule has 20 heavy (non-hydrogen) atoms. The lowest BCUT2D eigenvalue weighted by atomic mass is 10.2. The Morgan fingerprint density at radius 3 is 2.65 bits per heavy atom. The molecule has 4 nitrogen and oxygen atoms in total. The molecule has 4 heteroatoms. The minimum absolute atomic E-state index is 0.498. The van der Waals surface area contributed by atoms with Crippen LogP contribution in [0.3, 0.4) is 0 Å². The molecule has 0 aliphatic rings. The molecule has 2 rings (SSSR count). The van der Waals surface area contributed by atoms with Crippen molar-refractivity contribution in [2.45, 2.75) is 6.42 Å². The Balaban J connectivity index is 1.71. The normalized spacial score (nSPS) is 9.75. The van der Waals surface area contributed by atoms with E-state index in [2.05, 4.69) is 5.32 Å². The topological polar surface area (TPSA) is 71.1 Å². The molecule has 3 N–H and O–H groups in total. The van der Waals surface area contributed by atoms with Crippen LogP contribution in [0.5, 0.6) is 5.75 Å². The molecule has 2 aromatic carbocycles. The summed E-state index contributed by atoms with van der Waals surface area (Å²) in [6.45, 7) is 1.45. The third kappa shape index (κ3) is 3.92. The Morgan fingerprint density at radius 1 is 1.15 bits per heavy atom. The van der Waals surface area contributed by atoms with Gasteiger partial charge in [0, 0.05) is 12.2 Å². The van der Waals surface area contributed by atoms with Crippen molar-refractivity contribution in [1.29, 1.82) is 5.26 Å². The van der Waals surface area contributed by atoms with Gasteiger partial charge in [0.2, 0.25) is 0 Å². The second-order valence-corrected chi connectivity index (χ2v) is 4.36. The predicted octanol–water partition coefficient (Wildman–Crippen LogP) is 3.02. The van der Waals surface area contributed by atoms with Crippen molar-refractivity contribution in [2.75, 3.05) is 24.2 Å². The zero-order chi connectivity index (χ0) is 14.2. The number of nitrogens with two attached hydrogens (primary N) is 1. The molecule has 102 valence electrons. The fraction of sp³-hybridized carbons (Fsp3) is 0.188. The third-order valence-corrected chi connectivity index (χ3v) is 2.83. The van der Waals surface area contributed by atoms with Crippen LogP contribution in [-0.4, -0.2) is 13.2 Å². The van der Waals surface area contributed by atoms with Crippen LogP contribution in [0.2, 0.25) is 0 Å². The Labute approximate surface area is 118 Å². The number of nitriles is 1. The van der Waals surface area contributed by atoms with Crippen molar-refractivity contribution in [1.82, 2.24) is 0 Å². The summed E-state index contributed by atoms with van der Waals surface area (Å²) < 4.78 is 5.60. The van der Waals surface area contributed by atoms with E-state index in [-0.39, 0.29) is 0 Å². The van der Waals surface area contributed by atoms with Crippen molar-refractivity contribution < 1.29 is 4.74 Å². The monoisotopic (exact) mass is 267 g/mol. The fourth-order valence-corrected chi connectivity index (χ4v) is 1.79. The summed E-state index contributed by atoms with van der Waals surface area (Å²) in [5.41, 5.74) is 7.67. The van der Waals surface area contributed by atoms with E-state index >= 15 is 0 Å². The highest BCUT2D eigenvalue weighted by Crippen LogP contribution is 2.17. The number of hydrogen-bond donors (Lipinski definition) is 2. The molecule has 0 aliphatic carbocycles. The Morgan fingerprint density at radius 2 is 1.95 bits per heavy atom. The van der Waals surface area contributed by atoms with Crippen LogP contribution in [0.15, 0.2) is 48.5 Å². The van der Waals surface area contributed by atoms with Gasteiger partial charge in [-0.2, -0.15) is 5.26 Å². The molecule has 0 saturated heterocycles. The van der Waals surface area contributed by atoms with Crippen molar-refractivity contribution in [3.63, 3.8) is 0 Å². The summed E-state index contributed by atoms with van der Waals surface area (Å²) in [4.78, 5) is 0. The van der Waals surface area contributed by atoms with E-state index in [9.17, 15) is 0 Å². The van der Waals surface area contributed by atoms with Gasteiger partial charge in [0.05, 0.1) is 17.9 Å². The first-order valence-corrected chi connectivity index (χ1v) is 6.51. The lowest BCUT2D eigenvalue weighted by molar-refractivity contribution is 0.315. The fourth-order valence-electron chi connectivity index (χ4n) is 1.79. The molecule has 0 saturated carbocycles. The number of nitrogen functional groups attached to an aromatic ring is 1. The van der Waals surface area contributed by atoms with Gasteiger partial charge in [-0.1, -0.05) is 18.2 Å². The zero-order valence-electron chi connectivity index (χ0n) is 11.2. The molecule has 0 aliphatic heterocycles. The number of ether oxygens (including phenoxy) is 1. The van der Waals surface area contributed by atoms with E-state index in [1.165, 1.54) is 0 Å². The van der Waals surface area contributed by atoms with Crippen LogP contribution >= 0.6 is 0 Å². The minimum Gasteiger partial charge on any atom is -0.494 e. The maximum Gasteiger partial charge on any atom is 0.119 e. The van der Waals surface area contributed by atoms with Gasteiger partial charge in [0.25, 0.3) is 0 Å². The van der Waals surface area contributed by atoms with Crippen molar-refractivity contribution in [2.24, 2.45) is 0 Å². The summed E-state index contributed by atoms with van der Waals surface area (Å²) in [6, 6.07) is 17.1. The first-order valence-electron chi connectivity index (χ1n) is 6.51. The van der Waals surface area contributed by atoms with Gasteiger partial charge < -0.3 is 15.8 Å². The molecule has 2 aromatic rings. The lowest BCUT2D eigenvalue weighted by Crippen LogP contribution is -2.07. The van der Waals surface area contributed by atoms with E-state index in [4.69, 9.17) is 15.7 Å².